The summed E-state index contributed by atoms with van der Waals surface area (Å²) in [6.07, 6.45) is 6.86. The maximum Gasteiger partial charge on any atom is 0.321 e. The highest BCUT2D eigenvalue weighted by atomic mass is 16.2. The van der Waals surface area contributed by atoms with Crippen molar-refractivity contribution in [2.24, 2.45) is 5.92 Å². The number of urea groups is 1. The van der Waals surface area contributed by atoms with Gasteiger partial charge in [0.1, 0.15) is 0 Å². The molecular formula is C16H19N3O2. The second-order valence-electron chi connectivity index (χ2n) is 5.40. The van der Waals surface area contributed by atoms with Gasteiger partial charge in [-0.15, -0.1) is 0 Å². The summed E-state index contributed by atoms with van der Waals surface area (Å²) in [5.74, 6) is 0.108. The molecule has 1 atom stereocenters. The van der Waals surface area contributed by atoms with Crippen molar-refractivity contribution in [1.29, 1.82) is 0 Å². The molecule has 0 bridgehead atoms. The fourth-order valence-electron chi connectivity index (χ4n) is 2.75. The monoisotopic (exact) mass is 285 g/mol. The number of carbonyl (C=O) groups is 2. The summed E-state index contributed by atoms with van der Waals surface area (Å²) in [5.41, 5.74) is 1.55. The number of amides is 3. The van der Waals surface area contributed by atoms with E-state index >= 15 is 0 Å². The Bertz CT molecular complexity index is 583. The molecule has 5 nitrogen and oxygen atoms in total. The van der Waals surface area contributed by atoms with Crippen molar-refractivity contribution in [3.05, 3.63) is 36.4 Å². The molecule has 3 amide bonds. The minimum absolute atomic E-state index is 0.0498. The van der Waals surface area contributed by atoms with Gasteiger partial charge in [0.15, 0.2) is 0 Å². The molecule has 21 heavy (non-hydrogen) atoms. The minimum Gasteiger partial charge on any atom is -0.336 e. The summed E-state index contributed by atoms with van der Waals surface area (Å²) in [5, 5.41) is 5.73. The van der Waals surface area contributed by atoms with E-state index in [0.29, 0.717) is 13.1 Å². The first kappa shape index (κ1) is 13.7. The van der Waals surface area contributed by atoms with Gasteiger partial charge in [-0.1, -0.05) is 18.2 Å². The van der Waals surface area contributed by atoms with E-state index in [4.69, 9.17) is 0 Å². The summed E-state index contributed by atoms with van der Waals surface area (Å²) >= 11 is 0. The van der Waals surface area contributed by atoms with Gasteiger partial charge < -0.3 is 10.6 Å². The Balaban J connectivity index is 1.69. The molecule has 1 saturated heterocycles. The highest BCUT2D eigenvalue weighted by molar-refractivity contribution is 5.96. The zero-order valence-corrected chi connectivity index (χ0v) is 11.8. The van der Waals surface area contributed by atoms with Crippen LogP contribution in [-0.4, -0.2) is 25.0 Å². The van der Waals surface area contributed by atoms with Crippen LogP contribution in [0.15, 0.2) is 36.4 Å². The van der Waals surface area contributed by atoms with Gasteiger partial charge in [-0.2, -0.15) is 0 Å². The lowest BCUT2D eigenvalue weighted by molar-refractivity contribution is -0.120. The molecule has 3 rings (SSSR count). The Morgan fingerprint density at radius 2 is 2.24 bits per heavy atom. The number of nitrogens with one attached hydrogen (secondary N) is 2. The normalized spacial score (nSPS) is 21.2. The molecule has 0 aromatic heterocycles. The maximum atomic E-state index is 12.2. The summed E-state index contributed by atoms with van der Waals surface area (Å²) in [6.45, 7) is 1.31. The molecule has 1 aromatic rings. The first-order chi connectivity index (χ1) is 10.2. The largest absolute Gasteiger partial charge is 0.336 e. The van der Waals surface area contributed by atoms with E-state index in [2.05, 4.69) is 22.8 Å². The lowest BCUT2D eigenvalue weighted by Crippen LogP contribution is -2.28. The fourth-order valence-corrected chi connectivity index (χ4v) is 2.75. The Labute approximate surface area is 124 Å². The van der Waals surface area contributed by atoms with Crippen LogP contribution >= 0.6 is 0 Å². The predicted octanol–water partition coefficient (Wildman–Crippen LogP) is 2.51. The number of benzene rings is 1. The predicted molar refractivity (Wildman–Crippen MR) is 82.3 cm³/mol. The van der Waals surface area contributed by atoms with Gasteiger partial charge >= 0.3 is 6.03 Å². The molecule has 0 saturated carbocycles. The molecule has 5 heteroatoms. The van der Waals surface area contributed by atoms with Crippen LogP contribution < -0.4 is 15.5 Å². The van der Waals surface area contributed by atoms with Gasteiger partial charge in [-0.3, -0.25) is 9.69 Å². The van der Waals surface area contributed by atoms with E-state index in [1.54, 1.807) is 4.90 Å². The fraction of sp³-hybridized carbons (Fsp3) is 0.375. The third-order valence-electron chi connectivity index (χ3n) is 3.92. The Morgan fingerprint density at radius 1 is 1.33 bits per heavy atom. The molecule has 2 aliphatic rings. The van der Waals surface area contributed by atoms with Crippen LogP contribution in [-0.2, 0) is 4.79 Å². The number of anilines is 2. The third-order valence-corrected chi connectivity index (χ3v) is 3.92. The van der Waals surface area contributed by atoms with Crippen LogP contribution in [0.1, 0.15) is 19.3 Å². The van der Waals surface area contributed by atoms with E-state index in [1.165, 1.54) is 0 Å². The van der Waals surface area contributed by atoms with Crippen molar-refractivity contribution < 1.29 is 9.59 Å². The van der Waals surface area contributed by atoms with E-state index in [1.807, 2.05) is 24.3 Å². The highest BCUT2D eigenvalue weighted by Crippen LogP contribution is 2.23. The summed E-state index contributed by atoms with van der Waals surface area (Å²) in [4.78, 5) is 25.6. The van der Waals surface area contributed by atoms with E-state index in [9.17, 15) is 9.59 Å². The summed E-state index contributed by atoms with van der Waals surface area (Å²) in [6, 6.07) is 7.35. The number of allylic oxidation sites excluding steroid dienone is 2. The average molecular weight is 285 g/mol. The van der Waals surface area contributed by atoms with Crippen molar-refractivity contribution >= 4 is 23.3 Å². The Kier molecular flexibility index (Phi) is 3.90. The zero-order valence-electron chi connectivity index (χ0n) is 11.8. The van der Waals surface area contributed by atoms with Gasteiger partial charge in [0.25, 0.3) is 0 Å². The molecule has 0 spiro atoms. The van der Waals surface area contributed by atoms with Crippen LogP contribution in [0.4, 0.5) is 16.2 Å². The van der Waals surface area contributed by atoms with Crippen molar-refractivity contribution in [3.63, 3.8) is 0 Å². The van der Waals surface area contributed by atoms with Crippen LogP contribution in [0.3, 0.4) is 0 Å². The van der Waals surface area contributed by atoms with Gasteiger partial charge in [-0.05, 0) is 37.5 Å². The zero-order chi connectivity index (χ0) is 14.7. The molecule has 1 aromatic carbocycles. The first-order valence-corrected chi connectivity index (χ1v) is 7.35. The van der Waals surface area contributed by atoms with Gasteiger partial charge in [-0.25, -0.2) is 4.79 Å². The summed E-state index contributed by atoms with van der Waals surface area (Å²) < 4.78 is 0. The van der Waals surface area contributed by atoms with Crippen LogP contribution in [0, 0.1) is 5.92 Å². The van der Waals surface area contributed by atoms with Crippen molar-refractivity contribution in [3.8, 4) is 0 Å². The number of hydrogen-bond acceptors (Lipinski definition) is 2. The van der Waals surface area contributed by atoms with Gasteiger partial charge in [0.2, 0.25) is 5.91 Å². The highest BCUT2D eigenvalue weighted by Gasteiger charge is 2.22. The maximum absolute atomic E-state index is 12.2. The quantitative estimate of drug-likeness (QED) is 0.838. The molecule has 110 valence electrons. The smallest absolute Gasteiger partial charge is 0.321 e. The second kappa shape index (κ2) is 5.99. The van der Waals surface area contributed by atoms with Crippen LogP contribution in [0.5, 0.6) is 0 Å². The molecule has 1 fully saturated rings. The van der Waals surface area contributed by atoms with E-state index in [-0.39, 0.29) is 17.9 Å². The van der Waals surface area contributed by atoms with Crippen molar-refractivity contribution in [2.45, 2.75) is 19.3 Å². The molecule has 1 aliphatic carbocycles. The third kappa shape index (κ3) is 3.07. The lowest BCUT2D eigenvalue weighted by Gasteiger charge is -2.19. The standard InChI is InChI=1S/C16H19N3O2/c20-15(12-5-2-1-3-6-12)18-13-7-4-8-14(11-13)19-10-9-17-16(19)21/h1-2,4,7-8,11-12H,3,5-6,9-10H2,(H,17,21)(H,18,20)/t12-/m1/s1. The number of rotatable bonds is 3. The van der Waals surface area contributed by atoms with Gasteiger partial charge in [0, 0.05) is 30.4 Å². The minimum atomic E-state index is -0.0871. The Hall–Kier alpha value is -2.30. The van der Waals surface area contributed by atoms with E-state index < -0.39 is 0 Å². The molecule has 1 aliphatic heterocycles. The van der Waals surface area contributed by atoms with Crippen LogP contribution in [0.25, 0.3) is 0 Å². The van der Waals surface area contributed by atoms with Crippen LogP contribution in [0.2, 0.25) is 0 Å². The first-order valence-electron chi connectivity index (χ1n) is 7.35. The van der Waals surface area contributed by atoms with Gasteiger partial charge in [0.05, 0.1) is 0 Å². The lowest BCUT2D eigenvalue weighted by atomic mass is 9.93. The second-order valence-corrected chi connectivity index (χ2v) is 5.40. The molecular weight excluding hydrogens is 266 g/mol. The van der Waals surface area contributed by atoms with Crippen molar-refractivity contribution in [1.82, 2.24) is 5.32 Å². The number of carbonyl (C=O) groups excluding carboxylic acids is 2. The SMILES string of the molecule is O=C(Nc1cccc(N2CCNC2=O)c1)[C@@H]1CC=CCC1. The average Bonchev–Trinajstić information content (AvgIpc) is 2.94. The molecule has 0 radical (unpaired) electrons. The topological polar surface area (TPSA) is 61.4 Å². The summed E-state index contributed by atoms with van der Waals surface area (Å²) in [7, 11) is 0. The molecule has 2 N–H and O–H groups in total. The Morgan fingerprint density at radius 3 is 2.95 bits per heavy atom. The van der Waals surface area contributed by atoms with Crippen molar-refractivity contribution in [2.75, 3.05) is 23.3 Å². The molecule has 1 heterocycles. The number of nitrogens with zero attached hydrogens (tertiary/aromatic N) is 1. The number of hydrogen-bond donors (Lipinski definition) is 2. The van der Waals surface area contributed by atoms with E-state index in [0.717, 1.165) is 30.6 Å². The molecule has 0 unspecified atom stereocenters.